The molecule has 0 amide bonds. The highest BCUT2D eigenvalue weighted by Gasteiger charge is 2.09. The van der Waals surface area contributed by atoms with Crippen LogP contribution in [0.4, 0.5) is 0 Å². The highest BCUT2D eigenvalue weighted by Crippen LogP contribution is 2.21. The molecular formula is C4H5ClN2O3S. The maximum Gasteiger partial charge on any atom is 0.359 e. The predicted octanol–water partition coefficient (Wildman–Crippen LogP) is 0.589. The summed E-state index contributed by atoms with van der Waals surface area (Å²) in [5, 5.41) is 0.0647. The van der Waals surface area contributed by atoms with Crippen LogP contribution >= 0.6 is 11.6 Å². The molecule has 1 heterocycles. The molecule has 0 spiro atoms. The first-order chi connectivity index (χ1) is 5.11. The highest BCUT2D eigenvalue weighted by atomic mass is 35.5. The maximum atomic E-state index is 10.2. The van der Waals surface area contributed by atoms with E-state index in [-0.39, 0.29) is 11.0 Å². The van der Waals surface area contributed by atoms with Gasteiger partial charge in [-0.3, -0.25) is 4.55 Å². The lowest BCUT2D eigenvalue weighted by Crippen LogP contribution is -2.01. The molecular weight excluding hydrogens is 192 g/mol. The molecule has 0 aromatic carbocycles. The van der Waals surface area contributed by atoms with Crippen molar-refractivity contribution in [2.24, 2.45) is 7.05 Å². The molecule has 7 heteroatoms. The maximum absolute atomic E-state index is 10.2. The van der Waals surface area contributed by atoms with E-state index in [1.54, 1.807) is 7.05 Å². The van der Waals surface area contributed by atoms with Gasteiger partial charge < -0.3 is 8.75 Å². The van der Waals surface area contributed by atoms with E-state index in [0.717, 1.165) is 0 Å². The van der Waals surface area contributed by atoms with Gasteiger partial charge in [-0.1, -0.05) is 11.6 Å². The first-order valence-corrected chi connectivity index (χ1v) is 3.98. The molecule has 0 bridgehead atoms. The van der Waals surface area contributed by atoms with Crippen LogP contribution in [0.1, 0.15) is 0 Å². The first-order valence-electron chi connectivity index (χ1n) is 2.57. The summed E-state index contributed by atoms with van der Waals surface area (Å²) in [6.45, 7) is 0. The number of nitrogens with zero attached hydrogens (tertiary/aromatic N) is 2. The third-order valence-corrected chi connectivity index (χ3v) is 1.55. The largest absolute Gasteiger partial charge is 0.359 e. The minimum absolute atomic E-state index is 0.0647. The minimum Gasteiger partial charge on any atom is -0.358 e. The molecule has 1 aromatic rings. The summed E-state index contributed by atoms with van der Waals surface area (Å²) in [6, 6.07) is 0. The lowest BCUT2D eigenvalue weighted by Gasteiger charge is -1.98. The minimum atomic E-state index is -2.36. The number of hydrogen-bond donors (Lipinski definition) is 1. The smallest absolute Gasteiger partial charge is 0.358 e. The zero-order valence-corrected chi connectivity index (χ0v) is 7.09. The van der Waals surface area contributed by atoms with Gasteiger partial charge in [0, 0.05) is 7.05 Å². The number of aryl methyl sites for hydroxylation is 1. The molecule has 0 fully saturated rings. The molecule has 1 aromatic heterocycles. The second-order valence-electron chi connectivity index (χ2n) is 1.75. The fraction of sp³-hybridized carbons (Fsp3) is 0.250. The number of rotatable bonds is 2. The SMILES string of the molecule is Cn1cnc(Cl)c1OS(=O)O. The van der Waals surface area contributed by atoms with Crippen molar-refractivity contribution >= 4 is 23.0 Å². The summed E-state index contributed by atoms with van der Waals surface area (Å²) in [5.74, 6) is 0.0764. The molecule has 0 radical (unpaired) electrons. The quantitative estimate of drug-likeness (QED) is 0.704. The van der Waals surface area contributed by atoms with Gasteiger partial charge in [0.1, 0.15) is 0 Å². The standard InChI is InChI=1S/C4H5ClN2O3S/c1-7-2-6-3(5)4(7)10-11(8)9/h2H,1H3,(H,8,9). The van der Waals surface area contributed by atoms with Gasteiger partial charge >= 0.3 is 11.4 Å². The molecule has 1 unspecified atom stereocenters. The Balaban J connectivity index is 2.92. The van der Waals surface area contributed by atoms with Crippen LogP contribution in [-0.2, 0) is 18.4 Å². The average molecular weight is 197 g/mol. The molecule has 5 nitrogen and oxygen atoms in total. The Hall–Kier alpha value is -0.590. The summed E-state index contributed by atoms with van der Waals surface area (Å²) in [4.78, 5) is 3.63. The van der Waals surface area contributed by atoms with Gasteiger partial charge in [-0.2, -0.15) is 4.21 Å². The molecule has 0 aliphatic rings. The Labute approximate surface area is 70.4 Å². The van der Waals surface area contributed by atoms with E-state index in [4.69, 9.17) is 16.2 Å². The Morgan fingerprint density at radius 3 is 2.91 bits per heavy atom. The van der Waals surface area contributed by atoms with E-state index in [1.807, 2.05) is 0 Å². The fourth-order valence-corrected chi connectivity index (χ4v) is 1.14. The van der Waals surface area contributed by atoms with Gasteiger partial charge in [0.25, 0.3) is 5.88 Å². The Bertz CT molecular complexity index is 267. The summed E-state index contributed by atoms with van der Waals surface area (Å²) in [7, 11) is 1.60. The Kier molecular flexibility index (Phi) is 2.48. The normalized spacial score (nSPS) is 13.0. The highest BCUT2D eigenvalue weighted by molar-refractivity contribution is 7.74. The fourth-order valence-electron chi connectivity index (χ4n) is 0.551. The van der Waals surface area contributed by atoms with Crippen molar-refractivity contribution in [3.05, 3.63) is 11.5 Å². The van der Waals surface area contributed by atoms with Gasteiger partial charge in [-0.25, -0.2) is 4.98 Å². The van der Waals surface area contributed by atoms with Crippen LogP contribution in [0, 0.1) is 0 Å². The summed E-state index contributed by atoms with van der Waals surface area (Å²) < 4.78 is 24.3. The zero-order valence-electron chi connectivity index (χ0n) is 5.52. The number of aromatic nitrogens is 2. The molecule has 11 heavy (non-hydrogen) atoms. The average Bonchev–Trinajstić information content (AvgIpc) is 2.18. The van der Waals surface area contributed by atoms with E-state index in [9.17, 15) is 4.21 Å². The molecule has 1 N–H and O–H groups in total. The van der Waals surface area contributed by atoms with Crippen molar-refractivity contribution in [1.82, 2.24) is 9.55 Å². The van der Waals surface area contributed by atoms with Crippen LogP contribution in [0.3, 0.4) is 0 Å². The van der Waals surface area contributed by atoms with Crippen LogP contribution in [-0.4, -0.2) is 18.3 Å². The molecule has 1 rings (SSSR count). The molecule has 1 atom stereocenters. The number of imidazole rings is 1. The van der Waals surface area contributed by atoms with Gasteiger partial charge in [0.2, 0.25) is 0 Å². The zero-order chi connectivity index (χ0) is 8.43. The van der Waals surface area contributed by atoms with Crippen molar-refractivity contribution in [1.29, 1.82) is 0 Å². The van der Waals surface area contributed by atoms with E-state index in [2.05, 4.69) is 9.17 Å². The van der Waals surface area contributed by atoms with E-state index >= 15 is 0 Å². The van der Waals surface area contributed by atoms with Gasteiger partial charge in [-0.05, 0) is 0 Å². The summed E-state index contributed by atoms with van der Waals surface area (Å²) in [5.41, 5.74) is 0. The van der Waals surface area contributed by atoms with Crippen molar-refractivity contribution < 1.29 is 12.9 Å². The lowest BCUT2D eigenvalue weighted by molar-refractivity contribution is 0.440. The molecule has 0 aliphatic heterocycles. The van der Waals surface area contributed by atoms with E-state index in [1.165, 1.54) is 10.9 Å². The Morgan fingerprint density at radius 2 is 2.55 bits per heavy atom. The van der Waals surface area contributed by atoms with Crippen LogP contribution < -0.4 is 4.18 Å². The van der Waals surface area contributed by atoms with Gasteiger partial charge in [0.15, 0.2) is 5.15 Å². The number of hydrogen-bond acceptors (Lipinski definition) is 3. The van der Waals surface area contributed by atoms with Crippen LogP contribution in [0.2, 0.25) is 5.15 Å². The summed E-state index contributed by atoms with van der Waals surface area (Å²) >= 11 is 3.13. The third kappa shape index (κ3) is 1.92. The van der Waals surface area contributed by atoms with E-state index < -0.39 is 11.4 Å². The third-order valence-electron chi connectivity index (χ3n) is 0.991. The molecule has 62 valence electrons. The monoisotopic (exact) mass is 196 g/mol. The Morgan fingerprint density at radius 1 is 1.91 bits per heavy atom. The molecule has 0 saturated heterocycles. The van der Waals surface area contributed by atoms with Crippen molar-refractivity contribution in [3.8, 4) is 5.88 Å². The molecule has 0 aliphatic carbocycles. The van der Waals surface area contributed by atoms with E-state index in [0.29, 0.717) is 0 Å². The predicted molar refractivity (Wildman–Crippen MR) is 39.6 cm³/mol. The van der Waals surface area contributed by atoms with Gasteiger partial charge in [-0.15, -0.1) is 0 Å². The van der Waals surface area contributed by atoms with Crippen molar-refractivity contribution in [2.75, 3.05) is 0 Å². The topological polar surface area (TPSA) is 64.4 Å². The second kappa shape index (κ2) is 3.21. The van der Waals surface area contributed by atoms with Crippen molar-refractivity contribution in [2.45, 2.75) is 0 Å². The second-order valence-corrected chi connectivity index (χ2v) is 2.71. The van der Waals surface area contributed by atoms with Crippen LogP contribution in [0.25, 0.3) is 0 Å². The first kappa shape index (κ1) is 8.51. The lowest BCUT2D eigenvalue weighted by atomic mass is 10.8. The van der Waals surface area contributed by atoms with Gasteiger partial charge in [0.05, 0.1) is 6.33 Å². The molecule has 0 saturated carbocycles. The summed E-state index contributed by atoms with van der Waals surface area (Å²) in [6.07, 6.45) is 1.38. The number of halogens is 1. The van der Waals surface area contributed by atoms with Crippen LogP contribution in [0.5, 0.6) is 5.88 Å². The van der Waals surface area contributed by atoms with Crippen molar-refractivity contribution in [3.63, 3.8) is 0 Å². The van der Waals surface area contributed by atoms with Crippen LogP contribution in [0.15, 0.2) is 6.33 Å².